The molecule has 1 aliphatic carbocycles. The monoisotopic (exact) mass is 373 g/mol. The third-order valence-electron chi connectivity index (χ3n) is 3.82. The smallest absolute Gasteiger partial charge is 0.238 e. The fourth-order valence-electron chi connectivity index (χ4n) is 2.52. The molecule has 1 unspecified atom stereocenters. The lowest BCUT2D eigenvalue weighted by atomic mass is 9.94. The molecule has 114 valence electrons. The molecule has 1 saturated carbocycles. The van der Waals surface area contributed by atoms with Crippen LogP contribution in [0.15, 0.2) is 48.5 Å². The average Bonchev–Trinajstić information content (AvgIpc) is 3.07. The number of hydrogen-bond acceptors (Lipinski definition) is 1. The molecule has 1 N–H and O–H groups in total. The molecular weight excluding hydrogens is 364 g/mol. The number of alkyl halides is 2. The first-order valence-corrected chi connectivity index (χ1v) is 8.08. The molecule has 1 fully saturated rings. The van der Waals surface area contributed by atoms with Crippen LogP contribution in [-0.2, 0) is 10.2 Å². The molecule has 0 saturated heterocycles. The van der Waals surface area contributed by atoms with Crippen molar-refractivity contribution in [3.63, 3.8) is 0 Å². The van der Waals surface area contributed by atoms with Gasteiger partial charge in [-0.15, -0.1) is 23.2 Å². The fraction of sp³-hybridized carbons (Fsp3) is 0.188. The summed E-state index contributed by atoms with van der Waals surface area (Å²) in [6, 6.07) is 14.1. The average molecular weight is 375 g/mol. The summed E-state index contributed by atoms with van der Waals surface area (Å²) in [5, 5.41) is 3.65. The van der Waals surface area contributed by atoms with E-state index < -0.39 is 9.75 Å². The molecule has 2 aromatic rings. The maximum atomic E-state index is 12.8. The Kier molecular flexibility index (Phi) is 4.07. The molecule has 1 atom stereocenters. The second kappa shape index (κ2) is 5.61. The zero-order chi connectivity index (χ0) is 16.0. The third kappa shape index (κ3) is 2.59. The van der Waals surface area contributed by atoms with Gasteiger partial charge in [-0.1, -0.05) is 53.5 Å². The van der Waals surface area contributed by atoms with Crippen LogP contribution in [0.4, 0.5) is 5.69 Å². The third-order valence-corrected chi connectivity index (χ3v) is 5.28. The number of benzene rings is 2. The van der Waals surface area contributed by atoms with Gasteiger partial charge in [-0.3, -0.25) is 4.79 Å². The van der Waals surface area contributed by atoms with E-state index in [9.17, 15) is 4.79 Å². The quantitative estimate of drug-likeness (QED) is 0.711. The first kappa shape index (κ1) is 15.9. The summed E-state index contributed by atoms with van der Waals surface area (Å²) in [6.07, 6.45) is 0.351. The summed E-state index contributed by atoms with van der Waals surface area (Å²) in [6.45, 7) is 0. The minimum atomic E-state index is -1.13. The Labute approximate surface area is 148 Å². The maximum Gasteiger partial charge on any atom is 0.238 e. The molecular formula is C16H11Cl4NO. The lowest BCUT2D eigenvalue weighted by Gasteiger charge is -2.19. The minimum absolute atomic E-state index is 0.284. The molecule has 0 bridgehead atoms. The molecule has 1 amide bonds. The van der Waals surface area contributed by atoms with E-state index >= 15 is 0 Å². The zero-order valence-electron chi connectivity index (χ0n) is 11.2. The van der Waals surface area contributed by atoms with Gasteiger partial charge in [0.05, 0.1) is 10.7 Å². The van der Waals surface area contributed by atoms with Gasteiger partial charge < -0.3 is 5.32 Å². The predicted octanol–water partition coefficient (Wildman–Crippen LogP) is 5.45. The van der Waals surface area contributed by atoms with Crippen molar-refractivity contribution in [2.24, 2.45) is 0 Å². The number of hydrogen-bond donors (Lipinski definition) is 1. The highest BCUT2D eigenvalue weighted by Gasteiger charge is 2.72. The van der Waals surface area contributed by atoms with E-state index in [1.54, 1.807) is 18.2 Å². The summed E-state index contributed by atoms with van der Waals surface area (Å²) in [4.78, 5) is 12.8. The number of rotatable bonds is 3. The van der Waals surface area contributed by atoms with Crippen LogP contribution < -0.4 is 5.32 Å². The number of nitrogens with one attached hydrogen (secondary N) is 1. The van der Waals surface area contributed by atoms with Gasteiger partial charge in [0.1, 0.15) is 9.75 Å². The summed E-state index contributed by atoms with van der Waals surface area (Å²) < 4.78 is -1.13. The molecule has 0 radical (unpaired) electrons. The maximum absolute atomic E-state index is 12.8. The molecule has 6 heteroatoms. The topological polar surface area (TPSA) is 29.1 Å². The van der Waals surface area contributed by atoms with Crippen molar-refractivity contribution in [3.8, 4) is 0 Å². The van der Waals surface area contributed by atoms with Crippen molar-refractivity contribution in [2.45, 2.75) is 16.2 Å². The van der Waals surface area contributed by atoms with Crippen LogP contribution in [0.5, 0.6) is 0 Å². The Morgan fingerprint density at radius 1 is 1.05 bits per heavy atom. The number of carbonyl (C=O) groups excluding carboxylic acids is 1. The van der Waals surface area contributed by atoms with Crippen LogP contribution in [0.1, 0.15) is 12.0 Å². The van der Waals surface area contributed by atoms with Crippen molar-refractivity contribution in [1.82, 2.24) is 0 Å². The van der Waals surface area contributed by atoms with E-state index in [4.69, 9.17) is 46.4 Å². The predicted molar refractivity (Wildman–Crippen MR) is 92.3 cm³/mol. The summed E-state index contributed by atoms with van der Waals surface area (Å²) in [7, 11) is 0. The number of amides is 1. The van der Waals surface area contributed by atoms with Gasteiger partial charge in [0.2, 0.25) is 5.91 Å². The van der Waals surface area contributed by atoms with Gasteiger partial charge >= 0.3 is 0 Å². The van der Waals surface area contributed by atoms with Crippen LogP contribution >= 0.6 is 46.4 Å². The van der Waals surface area contributed by atoms with Gasteiger partial charge in [-0.05, 0) is 23.8 Å². The Bertz CT molecular complexity index is 732. The van der Waals surface area contributed by atoms with Gasteiger partial charge in [0, 0.05) is 11.4 Å². The van der Waals surface area contributed by atoms with Crippen LogP contribution in [0.2, 0.25) is 10.0 Å². The first-order chi connectivity index (χ1) is 10.4. The Hall–Kier alpha value is -0.930. The van der Waals surface area contributed by atoms with Gasteiger partial charge in [-0.25, -0.2) is 0 Å². The van der Waals surface area contributed by atoms with Gasteiger partial charge in [-0.2, -0.15) is 0 Å². The van der Waals surface area contributed by atoms with E-state index in [1.807, 2.05) is 30.3 Å². The van der Waals surface area contributed by atoms with Crippen LogP contribution in [0, 0.1) is 0 Å². The molecule has 0 spiro atoms. The Morgan fingerprint density at radius 2 is 1.68 bits per heavy atom. The highest BCUT2D eigenvalue weighted by molar-refractivity contribution is 6.54. The van der Waals surface area contributed by atoms with Gasteiger partial charge in [0.25, 0.3) is 0 Å². The zero-order valence-corrected chi connectivity index (χ0v) is 14.3. The van der Waals surface area contributed by atoms with E-state index in [-0.39, 0.29) is 5.91 Å². The Balaban J connectivity index is 1.93. The summed E-state index contributed by atoms with van der Waals surface area (Å²) >= 11 is 24.5. The van der Waals surface area contributed by atoms with Crippen molar-refractivity contribution in [1.29, 1.82) is 0 Å². The molecule has 0 aromatic heterocycles. The lowest BCUT2D eigenvalue weighted by molar-refractivity contribution is -0.118. The van der Waals surface area contributed by atoms with Crippen LogP contribution in [0.25, 0.3) is 0 Å². The van der Waals surface area contributed by atoms with Gasteiger partial charge in [0.15, 0.2) is 0 Å². The van der Waals surface area contributed by atoms with E-state index in [2.05, 4.69) is 5.32 Å². The van der Waals surface area contributed by atoms with Crippen molar-refractivity contribution < 1.29 is 4.79 Å². The second-order valence-electron chi connectivity index (χ2n) is 5.23. The van der Waals surface area contributed by atoms with E-state index in [0.717, 1.165) is 5.56 Å². The van der Waals surface area contributed by atoms with E-state index in [0.29, 0.717) is 22.2 Å². The molecule has 0 aliphatic heterocycles. The largest absolute Gasteiger partial charge is 0.324 e. The minimum Gasteiger partial charge on any atom is -0.324 e. The molecule has 22 heavy (non-hydrogen) atoms. The normalized spacial score (nSPS) is 22.2. The molecule has 2 nitrogen and oxygen atoms in total. The van der Waals surface area contributed by atoms with Crippen molar-refractivity contribution >= 4 is 58.0 Å². The fourth-order valence-corrected chi connectivity index (χ4v) is 3.77. The standard InChI is InChI=1S/C16H11Cl4NO/c17-11-6-7-13(12(18)8-11)21-14(22)15(9-16(15,19)20)10-4-2-1-3-5-10/h1-8H,9H2,(H,21,22). The highest BCUT2D eigenvalue weighted by Crippen LogP contribution is 2.65. The lowest BCUT2D eigenvalue weighted by Crippen LogP contribution is -2.32. The number of halogens is 4. The van der Waals surface area contributed by atoms with Crippen LogP contribution in [0.3, 0.4) is 0 Å². The number of carbonyl (C=O) groups is 1. The summed E-state index contributed by atoms with van der Waals surface area (Å²) in [5.41, 5.74) is 0.283. The molecule has 3 rings (SSSR count). The second-order valence-corrected chi connectivity index (χ2v) is 7.56. The molecule has 0 heterocycles. The van der Waals surface area contributed by atoms with Crippen molar-refractivity contribution in [3.05, 3.63) is 64.1 Å². The Morgan fingerprint density at radius 3 is 2.23 bits per heavy atom. The molecule has 2 aromatic carbocycles. The van der Waals surface area contributed by atoms with Crippen LogP contribution in [-0.4, -0.2) is 10.2 Å². The SMILES string of the molecule is O=C(Nc1ccc(Cl)cc1Cl)C1(c2ccccc2)CC1(Cl)Cl. The number of anilines is 1. The first-order valence-electron chi connectivity index (χ1n) is 6.57. The van der Waals surface area contributed by atoms with Crippen molar-refractivity contribution in [2.75, 3.05) is 5.32 Å². The van der Waals surface area contributed by atoms with E-state index in [1.165, 1.54) is 0 Å². The highest BCUT2D eigenvalue weighted by atomic mass is 35.5. The summed E-state index contributed by atoms with van der Waals surface area (Å²) in [5.74, 6) is -0.284. The molecule has 1 aliphatic rings.